The van der Waals surface area contributed by atoms with E-state index >= 15 is 0 Å². The molecule has 1 aromatic carbocycles. The SMILES string of the molecule is Cc1ccc(F)cc1NC(=O)C(C)C1CNC1. The van der Waals surface area contributed by atoms with Crippen molar-refractivity contribution in [1.29, 1.82) is 0 Å². The molecule has 1 aromatic rings. The van der Waals surface area contributed by atoms with Crippen LogP contribution >= 0.6 is 0 Å². The molecule has 0 aliphatic carbocycles. The van der Waals surface area contributed by atoms with Crippen LogP contribution in [0.5, 0.6) is 0 Å². The lowest BCUT2D eigenvalue weighted by Crippen LogP contribution is -2.48. The van der Waals surface area contributed by atoms with Crippen molar-refractivity contribution >= 4 is 11.6 Å². The number of benzene rings is 1. The second kappa shape index (κ2) is 4.84. The molecular formula is C13H17FN2O. The lowest BCUT2D eigenvalue weighted by Gasteiger charge is -2.31. The third kappa shape index (κ3) is 2.64. The first-order valence-corrected chi connectivity index (χ1v) is 5.85. The number of hydrogen-bond donors (Lipinski definition) is 2. The molecule has 1 amide bonds. The lowest BCUT2D eigenvalue weighted by molar-refractivity contribution is -0.121. The van der Waals surface area contributed by atoms with E-state index in [1.165, 1.54) is 12.1 Å². The predicted octanol–water partition coefficient (Wildman–Crippen LogP) is 1.93. The summed E-state index contributed by atoms with van der Waals surface area (Å²) in [5, 5.41) is 5.93. The zero-order valence-corrected chi connectivity index (χ0v) is 10.1. The number of carbonyl (C=O) groups is 1. The third-order valence-corrected chi connectivity index (χ3v) is 3.39. The smallest absolute Gasteiger partial charge is 0.227 e. The van der Waals surface area contributed by atoms with Crippen molar-refractivity contribution in [3.05, 3.63) is 29.6 Å². The minimum absolute atomic E-state index is 0.0369. The Morgan fingerprint density at radius 3 is 2.82 bits per heavy atom. The Balaban J connectivity index is 2.04. The number of halogens is 1. The summed E-state index contributed by atoms with van der Waals surface area (Å²) in [6.45, 7) is 5.54. The fraction of sp³-hybridized carbons (Fsp3) is 0.462. The summed E-state index contributed by atoms with van der Waals surface area (Å²) in [6.07, 6.45) is 0. The van der Waals surface area contributed by atoms with Crippen molar-refractivity contribution in [2.75, 3.05) is 18.4 Å². The van der Waals surface area contributed by atoms with Gasteiger partial charge in [-0.2, -0.15) is 0 Å². The molecule has 2 rings (SSSR count). The molecule has 2 N–H and O–H groups in total. The number of aryl methyl sites for hydroxylation is 1. The van der Waals surface area contributed by atoms with Crippen LogP contribution in [0.2, 0.25) is 0 Å². The van der Waals surface area contributed by atoms with Crippen molar-refractivity contribution in [3.8, 4) is 0 Å². The molecule has 0 radical (unpaired) electrons. The highest BCUT2D eigenvalue weighted by molar-refractivity contribution is 5.93. The van der Waals surface area contributed by atoms with E-state index < -0.39 is 0 Å². The van der Waals surface area contributed by atoms with Crippen molar-refractivity contribution in [1.82, 2.24) is 5.32 Å². The first kappa shape index (κ1) is 12.0. The Hall–Kier alpha value is -1.42. The summed E-state index contributed by atoms with van der Waals surface area (Å²) >= 11 is 0. The largest absolute Gasteiger partial charge is 0.326 e. The molecule has 0 saturated carbocycles. The van der Waals surface area contributed by atoms with E-state index in [4.69, 9.17) is 0 Å². The minimum Gasteiger partial charge on any atom is -0.326 e. The van der Waals surface area contributed by atoms with Gasteiger partial charge in [-0.3, -0.25) is 4.79 Å². The quantitative estimate of drug-likeness (QED) is 0.842. The second-order valence-electron chi connectivity index (χ2n) is 4.66. The summed E-state index contributed by atoms with van der Waals surface area (Å²) < 4.78 is 13.1. The predicted molar refractivity (Wildman–Crippen MR) is 65.3 cm³/mol. The van der Waals surface area contributed by atoms with Gasteiger partial charge in [0.15, 0.2) is 0 Å². The summed E-state index contributed by atoms with van der Waals surface area (Å²) in [4.78, 5) is 11.9. The molecule has 1 aliphatic heterocycles. The first-order chi connectivity index (χ1) is 8.08. The van der Waals surface area contributed by atoms with Crippen molar-refractivity contribution < 1.29 is 9.18 Å². The zero-order valence-electron chi connectivity index (χ0n) is 10.1. The number of rotatable bonds is 3. The van der Waals surface area contributed by atoms with E-state index in [0.29, 0.717) is 11.6 Å². The molecular weight excluding hydrogens is 219 g/mol. The van der Waals surface area contributed by atoms with Gasteiger partial charge in [-0.15, -0.1) is 0 Å². The third-order valence-electron chi connectivity index (χ3n) is 3.39. The molecule has 17 heavy (non-hydrogen) atoms. The molecule has 0 aromatic heterocycles. The number of anilines is 1. The van der Waals surface area contributed by atoms with Gasteiger partial charge in [-0.25, -0.2) is 4.39 Å². The Morgan fingerprint density at radius 1 is 1.53 bits per heavy atom. The monoisotopic (exact) mass is 236 g/mol. The lowest BCUT2D eigenvalue weighted by atomic mass is 9.88. The number of hydrogen-bond acceptors (Lipinski definition) is 2. The molecule has 92 valence electrons. The zero-order chi connectivity index (χ0) is 12.4. The molecule has 1 unspecified atom stereocenters. The first-order valence-electron chi connectivity index (χ1n) is 5.85. The molecule has 1 heterocycles. The van der Waals surface area contributed by atoms with Gasteiger partial charge in [0.05, 0.1) is 0 Å². The van der Waals surface area contributed by atoms with Crippen LogP contribution < -0.4 is 10.6 Å². The van der Waals surface area contributed by atoms with Crippen LogP contribution in [-0.4, -0.2) is 19.0 Å². The molecule has 1 aliphatic rings. The molecule has 1 fully saturated rings. The van der Waals surface area contributed by atoms with Gasteiger partial charge in [0, 0.05) is 11.6 Å². The van der Waals surface area contributed by atoms with E-state index in [9.17, 15) is 9.18 Å². The molecule has 1 saturated heterocycles. The standard InChI is InChI=1S/C13H17FN2O/c1-8-3-4-11(14)5-12(8)16-13(17)9(2)10-6-15-7-10/h3-5,9-10,15H,6-7H2,1-2H3,(H,16,17). The molecule has 0 spiro atoms. The summed E-state index contributed by atoms with van der Waals surface area (Å²) in [6, 6.07) is 4.42. The number of carbonyl (C=O) groups excluding carboxylic acids is 1. The van der Waals surface area contributed by atoms with Gasteiger partial charge in [-0.05, 0) is 43.6 Å². The number of amides is 1. The van der Waals surface area contributed by atoms with E-state index in [0.717, 1.165) is 18.7 Å². The van der Waals surface area contributed by atoms with E-state index in [-0.39, 0.29) is 17.6 Å². The maximum absolute atomic E-state index is 13.1. The fourth-order valence-corrected chi connectivity index (χ4v) is 1.85. The summed E-state index contributed by atoms with van der Waals surface area (Å²) in [5.41, 5.74) is 1.44. The van der Waals surface area contributed by atoms with Crippen LogP contribution in [0, 0.1) is 24.6 Å². The minimum atomic E-state index is -0.330. The highest BCUT2D eigenvalue weighted by Crippen LogP contribution is 2.20. The molecule has 1 atom stereocenters. The van der Waals surface area contributed by atoms with Gasteiger partial charge >= 0.3 is 0 Å². The Bertz CT molecular complexity index is 429. The van der Waals surface area contributed by atoms with Gasteiger partial charge in [0.25, 0.3) is 0 Å². The van der Waals surface area contributed by atoms with Gasteiger partial charge in [-0.1, -0.05) is 13.0 Å². The van der Waals surface area contributed by atoms with Crippen LogP contribution in [0.25, 0.3) is 0 Å². The van der Waals surface area contributed by atoms with Crippen LogP contribution in [0.15, 0.2) is 18.2 Å². The number of nitrogens with one attached hydrogen (secondary N) is 2. The van der Waals surface area contributed by atoms with Crippen LogP contribution in [0.4, 0.5) is 10.1 Å². The summed E-state index contributed by atoms with van der Waals surface area (Å²) in [5.74, 6) is -0.0168. The van der Waals surface area contributed by atoms with E-state index in [2.05, 4.69) is 10.6 Å². The Kier molecular flexibility index (Phi) is 3.43. The van der Waals surface area contributed by atoms with Crippen LogP contribution in [0.3, 0.4) is 0 Å². The fourth-order valence-electron chi connectivity index (χ4n) is 1.85. The molecule has 0 bridgehead atoms. The second-order valence-corrected chi connectivity index (χ2v) is 4.66. The topological polar surface area (TPSA) is 41.1 Å². The maximum atomic E-state index is 13.1. The van der Waals surface area contributed by atoms with Gasteiger partial charge in [0.2, 0.25) is 5.91 Å². The van der Waals surface area contributed by atoms with E-state index in [1.807, 2.05) is 13.8 Å². The highest BCUT2D eigenvalue weighted by atomic mass is 19.1. The highest BCUT2D eigenvalue weighted by Gasteiger charge is 2.28. The normalized spacial score (nSPS) is 17.4. The molecule has 3 nitrogen and oxygen atoms in total. The van der Waals surface area contributed by atoms with Crippen molar-refractivity contribution in [3.63, 3.8) is 0 Å². The van der Waals surface area contributed by atoms with Crippen LogP contribution in [-0.2, 0) is 4.79 Å². The van der Waals surface area contributed by atoms with Gasteiger partial charge in [0.1, 0.15) is 5.82 Å². The van der Waals surface area contributed by atoms with E-state index in [1.54, 1.807) is 6.07 Å². The Labute approximate surface area is 100 Å². The Morgan fingerprint density at radius 2 is 2.24 bits per heavy atom. The molecule has 4 heteroatoms. The maximum Gasteiger partial charge on any atom is 0.227 e. The van der Waals surface area contributed by atoms with Crippen molar-refractivity contribution in [2.45, 2.75) is 13.8 Å². The average molecular weight is 236 g/mol. The van der Waals surface area contributed by atoms with Gasteiger partial charge < -0.3 is 10.6 Å². The average Bonchev–Trinajstić information content (AvgIpc) is 2.21. The van der Waals surface area contributed by atoms with Crippen molar-refractivity contribution in [2.24, 2.45) is 11.8 Å². The summed E-state index contributed by atoms with van der Waals surface area (Å²) in [7, 11) is 0. The van der Waals surface area contributed by atoms with Crippen LogP contribution in [0.1, 0.15) is 12.5 Å².